The topological polar surface area (TPSA) is 57.2 Å². The molecule has 0 saturated carbocycles. The van der Waals surface area contributed by atoms with Crippen molar-refractivity contribution < 1.29 is 23.7 Å². The van der Waals surface area contributed by atoms with Crippen molar-refractivity contribution in [3.05, 3.63) is 79.1 Å². The zero-order chi connectivity index (χ0) is 21.7. The Hall–Kier alpha value is -2.65. The van der Waals surface area contributed by atoms with Crippen LogP contribution in [0.1, 0.15) is 31.9 Å². The highest BCUT2D eigenvalue weighted by molar-refractivity contribution is 9.10. The minimum atomic E-state index is -0.140. The Bertz CT molecular complexity index is 1250. The van der Waals surface area contributed by atoms with Crippen molar-refractivity contribution in [2.75, 3.05) is 13.5 Å². The van der Waals surface area contributed by atoms with Gasteiger partial charge < -0.3 is 18.9 Å². The van der Waals surface area contributed by atoms with Gasteiger partial charge in [-0.15, -0.1) is 11.3 Å². The van der Waals surface area contributed by atoms with Crippen molar-refractivity contribution in [2.24, 2.45) is 0 Å². The van der Waals surface area contributed by atoms with Crippen LogP contribution in [0.15, 0.2) is 52.0 Å². The van der Waals surface area contributed by atoms with E-state index in [2.05, 4.69) is 32.3 Å². The molecule has 0 amide bonds. The molecule has 1 aromatic heterocycles. The Morgan fingerprint density at radius 1 is 1.16 bits per heavy atom. The Kier molecular flexibility index (Phi) is 5.02. The quantitative estimate of drug-likeness (QED) is 0.442. The van der Waals surface area contributed by atoms with Crippen LogP contribution in [0, 0.1) is 0 Å². The molecule has 3 aliphatic rings. The van der Waals surface area contributed by atoms with E-state index in [0.717, 1.165) is 33.5 Å². The van der Waals surface area contributed by atoms with E-state index in [9.17, 15) is 4.79 Å². The van der Waals surface area contributed by atoms with E-state index in [1.165, 1.54) is 4.88 Å². The summed E-state index contributed by atoms with van der Waals surface area (Å²) in [5, 5.41) is 2.07. The van der Waals surface area contributed by atoms with Crippen molar-refractivity contribution in [1.29, 1.82) is 0 Å². The molecule has 8 heteroatoms. The van der Waals surface area contributed by atoms with Crippen molar-refractivity contribution in [3.63, 3.8) is 0 Å². The SMILES string of the molecule is O=C1/C(=C/c2cc(Br)cc3c2OCOC3)Oc2c1ccc1c2CN(Cc2cccs2)CO1. The molecule has 162 valence electrons. The average molecular weight is 512 g/mol. The summed E-state index contributed by atoms with van der Waals surface area (Å²) in [6.45, 7) is 2.60. The molecule has 0 saturated heterocycles. The number of ether oxygens (including phenoxy) is 4. The molecule has 0 bridgehead atoms. The molecule has 3 aromatic rings. The molecular weight excluding hydrogens is 494 g/mol. The molecule has 0 atom stereocenters. The first-order chi connectivity index (χ1) is 15.7. The third-order valence-corrected chi connectivity index (χ3v) is 6.95. The van der Waals surface area contributed by atoms with E-state index in [1.807, 2.05) is 24.3 Å². The second kappa shape index (κ2) is 8.04. The summed E-state index contributed by atoms with van der Waals surface area (Å²) in [6.07, 6.45) is 1.75. The predicted molar refractivity (Wildman–Crippen MR) is 123 cm³/mol. The zero-order valence-corrected chi connectivity index (χ0v) is 19.3. The van der Waals surface area contributed by atoms with Crippen LogP contribution in [0.5, 0.6) is 17.2 Å². The minimum absolute atomic E-state index is 0.140. The average Bonchev–Trinajstić information content (AvgIpc) is 3.42. The number of fused-ring (bicyclic) bond motifs is 4. The lowest BCUT2D eigenvalue weighted by atomic mass is 10.0. The van der Waals surface area contributed by atoms with Gasteiger partial charge in [0.1, 0.15) is 24.0 Å². The van der Waals surface area contributed by atoms with Crippen molar-refractivity contribution in [2.45, 2.75) is 19.7 Å². The molecule has 6 nitrogen and oxygen atoms in total. The first kappa shape index (κ1) is 20.0. The summed E-state index contributed by atoms with van der Waals surface area (Å²) in [7, 11) is 0. The van der Waals surface area contributed by atoms with E-state index in [0.29, 0.717) is 36.9 Å². The van der Waals surface area contributed by atoms with Gasteiger partial charge in [-0.2, -0.15) is 0 Å². The maximum atomic E-state index is 13.2. The monoisotopic (exact) mass is 511 g/mol. The summed E-state index contributed by atoms with van der Waals surface area (Å²) in [6, 6.07) is 11.7. The van der Waals surface area contributed by atoms with E-state index in [-0.39, 0.29) is 18.3 Å². The number of carbonyl (C=O) groups excluding carboxylic acids is 1. The molecule has 3 aliphatic heterocycles. The fraction of sp³-hybridized carbons (Fsp3) is 0.208. The predicted octanol–water partition coefficient (Wildman–Crippen LogP) is 5.35. The Morgan fingerprint density at radius 2 is 2.09 bits per heavy atom. The van der Waals surface area contributed by atoms with Gasteiger partial charge >= 0.3 is 0 Å². The molecule has 6 rings (SSSR count). The maximum Gasteiger partial charge on any atom is 0.231 e. The molecular formula is C24H18BrNO5S. The number of hydrogen-bond acceptors (Lipinski definition) is 7. The fourth-order valence-corrected chi connectivity index (χ4v) is 5.45. The largest absolute Gasteiger partial charge is 0.478 e. The number of benzene rings is 2. The molecule has 0 fully saturated rings. The van der Waals surface area contributed by atoms with Crippen LogP contribution in [0.4, 0.5) is 0 Å². The summed E-state index contributed by atoms with van der Waals surface area (Å²) in [5.41, 5.74) is 3.17. The number of nitrogens with zero attached hydrogens (tertiary/aromatic N) is 1. The van der Waals surface area contributed by atoms with Crippen molar-refractivity contribution >= 4 is 39.1 Å². The lowest BCUT2D eigenvalue weighted by Crippen LogP contribution is -2.31. The van der Waals surface area contributed by atoms with Gasteiger partial charge in [0, 0.05) is 33.6 Å². The van der Waals surface area contributed by atoms with Crippen molar-refractivity contribution in [1.82, 2.24) is 4.90 Å². The van der Waals surface area contributed by atoms with Gasteiger partial charge in [-0.05, 0) is 41.8 Å². The van der Waals surface area contributed by atoms with Gasteiger partial charge in [0.2, 0.25) is 5.78 Å². The molecule has 0 N–H and O–H groups in total. The highest BCUT2D eigenvalue weighted by Gasteiger charge is 2.34. The smallest absolute Gasteiger partial charge is 0.231 e. The lowest BCUT2D eigenvalue weighted by Gasteiger charge is -2.29. The van der Waals surface area contributed by atoms with Crippen LogP contribution in [0.3, 0.4) is 0 Å². The summed E-state index contributed by atoms with van der Waals surface area (Å²) in [5.74, 6) is 2.20. The molecule has 0 unspecified atom stereocenters. The third kappa shape index (κ3) is 3.53. The first-order valence-electron chi connectivity index (χ1n) is 10.2. The molecule has 0 spiro atoms. The highest BCUT2D eigenvalue weighted by Crippen LogP contribution is 2.43. The first-order valence-corrected chi connectivity index (χ1v) is 11.8. The number of carbonyl (C=O) groups is 1. The number of allylic oxidation sites excluding steroid dienone is 1. The number of rotatable bonds is 3. The number of Topliss-reactive ketones (excluding diaryl/α,β-unsaturated/α-hetero) is 1. The number of hydrogen-bond donors (Lipinski definition) is 0. The van der Waals surface area contributed by atoms with Crippen LogP contribution in [0.25, 0.3) is 6.08 Å². The zero-order valence-electron chi connectivity index (χ0n) is 16.9. The van der Waals surface area contributed by atoms with Gasteiger partial charge in [-0.1, -0.05) is 22.0 Å². The van der Waals surface area contributed by atoms with Gasteiger partial charge in [0.05, 0.1) is 17.7 Å². The van der Waals surface area contributed by atoms with Crippen LogP contribution >= 0.6 is 27.3 Å². The van der Waals surface area contributed by atoms with Gasteiger partial charge in [-0.25, -0.2) is 0 Å². The molecule has 0 aliphatic carbocycles. The van der Waals surface area contributed by atoms with Crippen LogP contribution in [-0.2, 0) is 24.4 Å². The summed E-state index contributed by atoms with van der Waals surface area (Å²) < 4.78 is 24.1. The second-order valence-corrected chi connectivity index (χ2v) is 9.74. The third-order valence-electron chi connectivity index (χ3n) is 5.63. The molecule has 0 radical (unpaired) electrons. The summed E-state index contributed by atoms with van der Waals surface area (Å²) >= 11 is 5.25. The van der Waals surface area contributed by atoms with E-state index in [4.69, 9.17) is 18.9 Å². The highest BCUT2D eigenvalue weighted by atomic mass is 79.9. The second-order valence-electron chi connectivity index (χ2n) is 7.79. The van der Waals surface area contributed by atoms with Crippen LogP contribution < -0.4 is 14.2 Å². The summed E-state index contributed by atoms with van der Waals surface area (Å²) in [4.78, 5) is 16.6. The Morgan fingerprint density at radius 3 is 2.97 bits per heavy atom. The van der Waals surface area contributed by atoms with Gasteiger partial charge in [-0.3, -0.25) is 9.69 Å². The fourth-order valence-electron chi connectivity index (χ4n) is 4.19. The minimum Gasteiger partial charge on any atom is -0.478 e. The number of thiophene rings is 1. The standard InChI is InChI=1S/C24H18BrNO5S/c25-16-6-14(23-15(7-16)11-28-13-30-23)8-21-22(27)18-3-4-20-19(24(18)31-21)10-26(12-29-20)9-17-2-1-5-32-17/h1-8H,9-13H2/b21-8-. The maximum absolute atomic E-state index is 13.2. The normalized spacial score (nSPS) is 18.4. The Balaban J connectivity index is 1.33. The van der Waals surface area contributed by atoms with Crippen LogP contribution in [-0.4, -0.2) is 24.2 Å². The molecule has 2 aromatic carbocycles. The van der Waals surface area contributed by atoms with Gasteiger partial charge in [0.15, 0.2) is 12.6 Å². The number of halogens is 1. The Labute approximate surface area is 197 Å². The van der Waals surface area contributed by atoms with E-state index < -0.39 is 0 Å². The molecule has 32 heavy (non-hydrogen) atoms. The van der Waals surface area contributed by atoms with Crippen molar-refractivity contribution in [3.8, 4) is 17.2 Å². The number of ketones is 1. The van der Waals surface area contributed by atoms with E-state index >= 15 is 0 Å². The van der Waals surface area contributed by atoms with Crippen LogP contribution in [0.2, 0.25) is 0 Å². The van der Waals surface area contributed by atoms with E-state index in [1.54, 1.807) is 23.5 Å². The lowest BCUT2D eigenvalue weighted by molar-refractivity contribution is -0.0165. The van der Waals surface area contributed by atoms with Gasteiger partial charge in [0.25, 0.3) is 0 Å². The molecule has 4 heterocycles.